The van der Waals surface area contributed by atoms with Gasteiger partial charge in [0.25, 0.3) is 0 Å². The third-order valence-electron chi connectivity index (χ3n) is 3.37. The molecule has 5 heteroatoms. The maximum absolute atomic E-state index is 12.5. The molecule has 23 heavy (non-hydrogen) atoms. The van der Waals surface area contributed by atoms with Gasteiger partial charge in [0.1, 0.15) is 5.75 Å². The van der Waals surface area contributed by atoms with Gasteiger partial charge in [-0.05, 0) is 29.3 Å². The molecule has 0 fully saturated rings. The van der Waals surface area contributed by atoms with Gasteiger partial charge in [-0.1, -0.05) is 36.4 Å². The zero-order valence-electron chi connectivity index (χ0n) is 12.9. The summed E-state index contributed by atoms with van der Waals surface area (Å²) in [6, 6.07) is 10.6. The summed E-state index contributed by atoms with van der Waals surface area (Å²) in [5.74, 6) is 0.710. The van der Waals surface area contributed by atoms with Crippen molar-refractivity contribution in [2.45, 2.75) is 12.8 Å². The van der Waals surface area contributed by atoms with Crippen LogP contribution in [0.2, 0.25) is 0 Å². The number of alkyl halides is 3. The van der Waals surface area contributed by atoms with Crippen LogP contribution in [0.15, 0.2) is 42.5 Å². The van der Waals surface area contributed by atoms with E-state index in [-0.39, 0.29) is 0 Å². The molecule has 0 amide bonds. The third-order valence-corrected chi connectivity index (χ3v) is 3.37. The van der Waals surface area contributed by atoms with Crippen molar-refractivity contribution < 1.29 is 22.6 Å². The first-order valence-electron chi connectivity index (χ1n) is 6.96. The predicted molar refractivity (Wildman–Crippen MR) is 84.1 cm³/mol. The fourth-order valence-corrected chi connectivity index (χ4v) is 2.20. The maximum atomic E-state index is 12.5. The number of ether oxygens (including phenoxy) is 2. The second-order valence-electron chi connectivity index (χ2n) is 4.91. The molecule has 0 aliphatic carbocycles. The number of benzene rings is 2. The van der Waals surface area contributed by atoms with Crippen molar-refractivity contribution in [2.75, 3.05) is 14.2 Å². The molecule has 0 aliphatic rings. The molecule has 0 aliphatic heterocycles. The van der Waals surface area contributed by atoms with Crippen molar-refractivity contribution in [1.82, 2.24) is 0 Å². The second kappa shape index (κ2) is 7.33. The van der Waals surface area contributed by atoms with Crippen molar-refractivity contribution in [3.63, 3.8) is 0 Å². The Hall–Kier alpha value is -2.27. The number of hydrogen-bond donors (Lipinski definition) is 0. The summed E-state index contributed by atoms with van der Waals surface area (Å²) in [6.07, 6.45) is -0.728. The Labute approximate surface area is 133 Å². The van der Waals surface area contributed by atoms with E-state index < -0.39 is 11.7 Å². The highest BCUT2D eigenvalue weighted by atomic mass is 19.4. The first-order chi connectivity index (χ1) is 11.0. The fraction of sp³-hybridized carbons (Fsp3) is 0.222. The molecule has 0 heterocycles. The van der Waals surface area contributed by atoms with E-state index in [1.165, 1.54) is 12.1 Å². The van der Waals surface area contributed by atoms with E-state index in [1.807, 2.05) is 24.3 Å². The molecule has 2 nitrogen and oxygen atoms in total. The highest BCUT2D eigenvalue weighted by molar-refractivity contribution is 5.72. The zero-order valence-corrected chi connectivity index (χ0v) is 12.9. The van der Waals surface area contributed by atoms with Crippen LogP contribution in [0.1, 0.15) is 22.3 Å². The highest BCUT2D eigenvalue weighted by Crippen LogP contribution is 2.29. The van der Waals surface area contributed by atoms with Crippen molar-refractivity contribution in [3.8, 4) is 5.75 Å². The Kier molecular flexibility index (Phi) is 5.45. The smallest absolute Gasteiger partial charge is 0.416 e. The maximum Gasteiger partial charge on any atom is 0.416 e. The number of methoxy groups -OCH3 is 2. The molecular formula is C18H17F3O2. The van der Waals surface area contributed by atoms with E-state index in [9.17, 15) is 13.2 Å². The van der Waals surface area contributed by atoms with Crippen LogP contribution in [0.5, 0.6) is 5.75 Å². The van der Waals surface area contributed by atoms with Gasteiger partial charge < -0.3 is 9.47 Å². The Morgan fingerprint density at radius 1 is 0.957 bits per heavy atom. The van der Waals surface area contributed by atoms with Gasteiger partial charge in [-0.25, -0.2) is 0 Å². The van der Waals surface area contributed by atoms with Crippen LogP contribution in [-0.4, -0.2) is 14.2 Å². The van der Waals surface area contributed by atoms with Crippen molar-refractivity contribution in [1.29, 1.82) is 0 Å². The topological polar surface area (TPSA) is 18.5 Å². The second-order valence-corrected chi connectivity index (χ2v) is 4.91. The molecule has 2 rings (SSSR count). The molecule has 0 radical (unpaired) electrons. The standard InChI is InChI=1S/C18H17F3O2/c1-22-12-16-14(4-3-5-17(16)23-2)9-6-13-7-10-15(11-8-13)18(19,20)21/h3-11H,12H2,1-2H3/b9-6+. The minimum absolute atomic E-state index is 0.386. The van der Waals surface area contributed by atoms with Gasteiger partial charge in [-0.3, -0.25) is 0 Å². The highest BCUT2D eigenvalue weighted by Gasteiger charge is 2.29. The third kappa shape index (κ3) is 4.36. The SMILES string of the molecule is COCc1c(/C=C/c2ccc(C(F)(F)F)cc2)cccc1OC. The van der Waals surface area contributed by atoms with Crippen LogP contribution in [0.3, 0.4) is 0 Å². The van der Waals surface area contributed by atoms with E-state index in [0.29, 0.717) is 17.9 Å². The van der Waals surface area contributed by atoms with Gasteiger partial charge in [-0.2, -0.15) is 13.2 Å². The minimum atomic E-state index is -4.32. The Bertz CT molecular complexity index is 674. The first kappa shape index (κ1) is 17.1. The molecule has 0 atom stereocenters. The van der Waals surface area contributed by atoms with Gasteiger partial charge in [0.2, 0.25) is 0 Å². The lowest BCUT2D eigenvalue weighted by atomic mass is 10.0. The van der Waals surface area contributed by atoms with Crippen LogP contribution in [0, 0.1) is 0 Å². The quantitative estimate of drug-likeness (QED) is 0.719. The van der Waals surface area contributed by atoms with Crippen LogP contribution in [0.25, 0.3) is 12.2 Å². The predicted octanol–water partition coefficient (Wildman–Crippen LogP) is 5.03. The molecule has 0 spiro atoms. The van der Waals surface area contributed by atoms with Crippen molar-refractivity contribution >= 4 is 12.2 Å². The van der Waals surface area contributed by atoms with Crippen molar-refractivity contribution in [2.24, 2.45) is 0 Å². The summed E-state index contributed by atoms with van der Waals surface area (Å²) in [6.45, 7) is 0.386. The summed E-state index contributed by atoms with van der Waals surface area (Å²) in [7, 11) is 3.17. The molecule has 0 saturated heterocycles. The summed E-state index contributed by atoms with van der Waals surface area (Å²) in [5.41, 5.74) is 1.81. The largest absolute Gasteiger partial charge is 0.496 e. The summed E-state index contributed by atoms with van der Waals surface area (Å²) in [4.78, 5) is 0. The van der Waals surface area contributed by atoms with Gasteiger partial charge in [0.05, 0.1) is 19.3 Å². The van der Waals surface area contributed by atoms with Crippen LogP contribution in [0.4, 0.5) is 13.2 Å². The van der Waals surface area contributed by atoms with Gasteiger partial charge >= 0.3 is 6.18 Å². The van der Waals surface area contributed by atoms with Crippen molar-refractivity contribution in [3.05, 3.63) is 64.7 Å². The lowest BCUT2D eigenvalue weighted by molar-refractivity contribution is -0.137. The Balaban J connectivity index is 2.26. The van der Waals surface area contributed by atoms with Gasteiger partial charge in [-0.15, -0.1) is 0 Å². The van der Waals surface area contributed by atoms with E-state index in [1.54, 1.807) is 20.3 Å². The fourth-order valence-electron chi connectivity index (χ4n) is 2.20. The Morgan fingerprint density at radius 2 is 1.65 bits per heavy atom. The summed E-state index contributed by atoms with van der Waals surface area (Å²) in [5, 5.41) is 0. The molecular weight excluding hydrogens is 305 g/mol. The monoisotopic (exact) mass is 322 g/mol. The Morgan fingerprint density at radius 3 is 2.22 bits per heavy atom. The lowest BCUT2D eigenvalue weighted by Gasteiger charge is -2.11. The summed E-state index contributed by atoms with van der Waals surface area (Å²) >= 11 is 0. The van der Waals surface area contributed by atoms with E-state index in [2.05, 4.69) is 0 Å². The van der Waals surface area contributed by atoms with E-state index in [0.717, 1.165) is 23.3 Å². The normalized spacial score (nSPS) is 11.9. The molecule has 0 aromatic heterocycles. The molecule has 2 aromatic rings. The van der Waals surface area contributed by atoms with Crippen LogP contribution in [-0.2, 0) is 17.5 Å². The number of rotatable bonds is 5. The summed E-state index contributed by atoms with van der Waals surface area (Å²) < 4.78 is 48.1. The molecule has 0 unspecified atom stereocenters. The van der Waals surface area contributed by atoms with E-state index >= 15 is 0 Å². The molecule has 0 bridgehead atoms. The zero-order chi connectivity index (χ0) is 16.9. The number of hydrogen-bond acceptors (Lipinski definition) is 2. The lowest BCUT2D eigenvalue weighted by Crippen LogP contribution is -2.03. The average Bonchev–Trinajstić information content (AvgIpc) is 2.53. The van der Waals surface area contributed by atoms with Gasteiger partial charge in [0.15, 0.2) is 0 Å². The number of halogens is 3. The van der Waals surface area contributed by atoms with Crippen LogP contribution < -0.4 is 4.74 Å². The molecule has 0 N–H and O–H groups in total. The first-order valence-corrected chi connectivity index (χ1v) is 6.96. The van der Waals surface area contributed by atoms with Crippen LogP contribution >= 0.6 is 0 Å². The van der Waals surface area contributed by atoms with Gasteiger partial charge in [0, 0.05) is 12.7 Å². The average molecular weight is 322 g/mol. The minimum Gasteiger partial charge on any atom is -0.496 e. The van der Waals surface area contributed by atoms with E-state index in [4.69, 9.17) is 9.47 Å². The molecule has 122 valence electrons. The molecule has 0 saturated carbocycles. The molecule has 2 aromatic carbocycles.